The van der Waals surface area contributed by atoms with E-state index in [1.54, 1.807) is 0 Å². The smallest absolute Gasteiger partial charge is 0.462 e. The van der Waals surface area contributed by atoms with Crippen molar-refractivity contribution in [3.63, 3.8) is 0 Å². The molecule has 6 N–H and O–H groups in total. The highest BCUT2D eigenvalue weighted by atomic mass is 31.2. The highest BCUT2D eigenvalue weighted by Crippen LogP contribution is 2.47. The van der Waals surface area contributed by atoms with Crippen LogP contribution in [0.1, 0.15) is 168 Å². The minimum atomic E-state index is -5.14. The SMILES string of the molecule is CCCCCC=CCC=CCC=CCC=CCCCC(=O)O[C@H](COC(=O)CCCCCCCC=CCCCCCCCC)COP(=O)(O)OC1C(O)C(O)C(O)[C@@H](O)C1O. The van der Waals surface area contributed by atoms with Gasteiger partial charge >= 0.3 is 19.8 Å². The van der Waals surface area contributed by atoms with Crippen LogP contribution in [-0.4, -0.2) is 98.3 Å². The molecule has 14 heteroatoms. The Labute approximate surface area is 366 Å². The van der Waals surface area contributed by atoms with Gasteiger partial charge in [0, 0.05) is 12.8 Å². The fourth-order valence-corrected chi connectivity index (χ4v) is 7.54. The number of hydrogen-bond acceptors (Lipinski definition) is 12. The predicted molar refractivity (Wildman–Crippen MR) is 239 cm³/mol. The molecule has 1 aliphatic carbocycles. The summed E-state index contributed by atoms with van der Waals surface area (Å²) in [5.41, 5.74) is 0. The molecular formula is C47H81O13P. The van der Waals surface area contributed by atoms with E-state index >= 15 is 0 Å². The van der Waals surface area contributed by atoms with E-state index in [0.717, 1.165) is 64.2 Å². The van der Waals surface area contributed by atoms with Crippen molar-refractivity contribution in [3.05, 3.63) is 60.8 Å². The summed E-state index contributed by atoms with van der Waals surface area (Å²) >= 11 is 0. The number of hydrogen-bond donors (Lipinski definition) is 6. The molecular weight excluding hydrogens is 803 g/mol. The molecule has 6 unspecified atom stereocenters. The summed E-state index contributed by atoms with van der Waals surface area (Å²) in [5.74, 6) is -1.18. The summed E-state index contributed by atoms with van der Waals surface area (Å²) in [7, 11) is -5.14. The fraction of sp³-hybridized carbons (Fsp3) is 0.745. The fourth-order valence-electron chi connectivity index (χ4n) is 6.57. The molecule has 1 aliphatic rings. The first-order chi connectivity index (χ1) is 29.4. The highest BCUT2D eigenvalue weighted by molar-refractivity contribution is 7.47. The van der Waals surface area contributed by atoms with Crippen molar-refractivity contribution < 1.29 is 63.1 Å². The van der Waals surface area contributed by atoms with Crippen molar-refractivity contribution >= 4 is 19.8 Å². The number of rotatable bonds is 37. The molecule has 0 aromatic rings. The molecule has 0 spiro atoms. The zero-order chi connectivity index (χ0) is 45.0. The molecule has 1 rings (SSSR count). The first kappa shape index (κ1) is 56.6. The molecule has 0 heterocycles. The second kappa shape index (κ2) is 37.0. The van der Waals surface area contributed by atoms with Crippen LogP contribution in [0.3, 0.4) is 0 Å². The first-order valence-electron chi connectivity index (χ1n) is 23.1. The highest BCUT2D eigenvalue weighted by Gasteiger charge is 2.51. The van der Waals surface area contributed by atoms with E-state index in [1.807, 2.05) is 12.2 Å². The van der Waals surface area contributed by atoms with Crippen LogP contribution >= 0.6 is 7.82 Å². The third kappa shape index (κ3) is 29.5. The molecule has 0 radical (unpaired) electrons. The molecule has 0 bridgehead atoms. The van der Waals surface area contributed by atoms with Gasteiger partial charge in [-0.2, -0.15) is 0 Å². The minimum Gasteiger partial charge on any atom is -0.462 e. The van der Waals surface area contributed by atoms with Gasteiger partial charge in [-0.3, -0.25) is 18.6 Å². The molecule has 0 amide bonds. The summed E-state index contributed by atoms with van der Waals surface area (Å²) in [6.07, 6.45) is 31.4. The van der Waals surface area contributed by atoms with Gasteiger partial charge < -0.3 is 39.9 Å². The summed E-state index contributed by atoms with van der Waals surface area (Å²) in [6.45, 7) is 3.20. The van der Waals surface area contributed by atoms with Crippen molar-refractivity contribution in [1.29, 1.82) is 0 Å². The third-order valence-corrected chi connectivity index (χ3v) is 11.3. The van der Waals surface area contributed by atoms with Crippen LogP contribution in [0, 0.1) is 0 Å². The van der Waals surface area contributed by atoms with E-state index in [-0.39, 0.29) is 12.8 Å². The normalized spacial score (nSPS) is 22.6. The lowest BCUT2D eigenvalue weighted by molar-refractivity contribution is -0.220. The first-order valence-corrected chi connectivity index (χ1v) is 24.6. The number of phosphoric ester groups is 1. The zero-order valence-corrected chi connectivity index (χ0v) is 38.1. The lowest BCUT2D eigenvalue weighted by Crippen LogP contribution is -2.64. The Bertz CT molecular complexity index is 1300. The monoisotopic (exact) mass is 885 g/mol. The second-order valence-electron chi connectivity index (χ2n) is 15.9. The average molecular weight is 885 g/mol. The van der Waals surface area contributed by atoms with Gasteiger partial charge in [-0.05, 0) is 77.0 Å². The molecule has 61 heavy (non-hydrogen) atoms. The lowest BCUT2D eigenvalue weighted by Gasteiger charge is -2.41. The Hall–Kier alpha value is -2.45. The van der Waals surface area contributed by atoms with Gasteiger partial charge in [0.1, 0.15) is 43.2 Å². The largest absolute Gasteiger partial charge is 0.472 e. The van der Waals surface area contributed by atoms with E-state index in [9.17, 15) is 44.6 Å². The number of carbonyl (C=O) groups excluding carboxylic acids is 2. The topological polar surface area (TPSA) is 210 Å². The summed E-state index contributed by atoms with van der Waals surface area (Å²) in [4.78, 5) is 35.7. The van der Waals surface area contributed by atoms with Crippen LogP contribution in [0.2, 0.25) is 0 Å². The third-order valence-electron chi connectivity index (χ3n) is 10.3. The number of allylic oxidation sites excluding steroid dienone is 10. The Morgan fingerprint density at radius 3 is 1.44 bits per heavy atom. The molecule has 1 saturated carbocycles. The number of unbranched alkanes of at least 4 members (excludes halogenated alkanes) is 15. The van der Waals surface area contributed by atoms with E-state index in [4.69, 9.17) is 18.5 Å². The van der Waals surface area contributed by atoms with Gasteiger partial charge in [0.25, 0.3) is 0 Å². The Morgan fingerprint density at radius 2 is 0.902 bits per heavy atom. The number of carbonyl (C=O) groups is 2. The average Bonchev–Trinajstić information content (AvgIpc) is 3.24. The van der Waals surface area contributed by atoms with Gasteiger partial charge in [0.15, 0.2) is 6.10 Å². The summed E-state index contributed by atoms with van der Waals surface area (Å²) in [6, 6.07) is 0. The van der Waals surface area contributed by atoms with Crippen LogP contribution in [0.5, 0.6) is 0 Å². The molecule has 8 atom stereocenters. The quantitative estimate of drug-likeness (QED) is 0.0149. The van der Waals surface area contributed by atoms with Crippen molar-refractivity contribution in [2.45, 2.75) is 211 Å². The standard InChI is InChI=1S/C47H81O13P/c1-3-5-7-9-11-13-15-17-19-20-22-24-26-28-30-32-34-36-41(49)59-39(38-58-61(55,56)60-47-45(53)43(51)42(50)44(52)46(47)54)37-57-40(48)35-33-31-29-27-25-23-21-18-16-14-12-10-8-6-4-2/h11,13,17-19,21-22,24,28,30,39,42-47,50-54H,3-10,12,14-16,20,23,25-27,29,31-38H2,1-2H3,(H,55,56)/t39-,42?,43-,44?,45?,46?,47?/m1/s1. The summed E-state index contributed by atoms with van der Waals surface area (Å²) < 4.78 is 33.4. The molecule has 13 nitrogen and oxygen atoms in total. The second-order valence-corrected chi connectivity index (χ2v) is 17.3. The minimum absolute atomic E-state index is 0.0171. The summed E-state index contributed by atoms with van der Waals surface area (Å²) in [5, 5.41) is 50.1. The van der Waals surface area contributed by atoms with E-state index in [0.29, 0.717) is 19.3 Å². The van der Waals surface area contributed by atoms with Gasteiger partial charge in [-0.15, -0.1) is 0 Å². The maximum absolute atomic E-state index is 12.8. The maximum Gasteiger partial charge on any atom is 0.472 e. The molecule has 0 aromatic carbocycles. The van der Waals surface area contributed by atoms with Crippen LogP contribution < -0.4 is 0 Å². The van der Waals surface area contributed by atoms with Crippen LogP contribution in [-0.2, 0) is 32.7 Å². The van der Waals surface area contributed by atoms with Gasteiger partial charge in [-0.1, -0.05) is 139 Å². The van der Waals surface area contributed by atoms with Crippen molar-refractivity contribution in [2.24, 2.45) is 0 Å². The number of aliphatic hydroxyl groups is 5. The number of ether oxygens (including phenoxy) is 2. The molecule has 1 fully saturated rings. The van der Waals surface area contributed by atoms with Gasteiger partial charge in [0.2, 0.25) is 0 Å². The number of aliphatic hydroxyl groups excluding tert-OH is 5. The lowest BCUT2D eigenvalue weighted by atomic mass is 9.85. The van der Waals surface area contributed by atoms with E-state index in [1.165, 1.54) is 57.8 Å². The van der Waals surface area contributed by atoms with Gasteiger partial charge in [0.05, 0.1) is 6.61 Å². The molecule has 0 aromatic heterocycles. The predicted octanol–water partition coefficient (Wildman–Crippen LogP) is 8.94. The van der Waals surface area contributed by atoms with Crippen LogP contribution in [0.25, 0.3) is 0 Å². The number of phosphoric acid groups is 1. The van der Waals surface area contributed by atoms with E-state index in [2.05, 4.69) is 62.5 Å². The van der Waals surface area contributed by atoms with Crippen LogP contribution in [0.15, 0.2) is 60.8 Å². The zero-order valence-electron chi connectivity index (χ0n) is 37.2. The number of esters is 2. The van der Waals surface area contributed by atoms with Gasteiger partial charge in [-0.25, -0.2) is 4.57 Å². The Balaban J connectivity index is 2.52. The van der Waals surface area contributed by atoms with E-state index < -0.39 is 75.7 Å². The molecule has 0 aliphatic heterocycles. The molecule has 0 saturated heterocycles. The van der Waals surface area contributed by atoms with Crippen molar-refractivity contribution in [3.8, 4) is 0 Å². The van der Waals surface area contributed by atoms with Crippen molar-refractivity contribution in [2.75, 3.05) is 13.2 Å². The van der Waals surface area contributed by atoms with Crippen LogP contribution in [0.4, 0.5) is 0 Å². The maximum atomic E-state index is 12.8. The Kier molecular flexibility index (Phi) is 34.3. The molecule has 352 valence electrons. The Morgan fingerprint density at radius 1 is 0.508 bits per heavy atom. The van der Waals surface area contributed by atoms with Crippen molar-refractivity contribution in [1.82, 2.24) is 0 Å².